The molecule has 0 N–H and O–H groups in total. The number of allylic oxidation sites excluding steroid dienone is 1. The molecule has 1 rings (SSSR count). The number of halogens is 1. The molecule has 0 spiro atoms. The van der Waals surface area contributed by atoms with E-state index in [2.05, 4.69) is 40.8 Å². The maximum Gasteiger partial charge on any atom is 0.193 e. The van der Waals surface area contributed by atoms with Crippen molar-refractivity contribution in [2.24, 2.45) is 0 Å². The molecule has 0 bridgehead atoms. The van der Waals surface area contributed by atoms with Gasteiger partial charge in [-0.2, -0.15) is 0 Å². The number of rotatable bonds is 6. The Morgan fingerprint density at radius 2 is 1.81 bits per heavy atom. The lowest BCUT2D eigenvalue weighted by molar-refractivity contribution is 0.190. The summed E-state index contributed by atoms with van der Waals surface area (Å²) in [6, 6.07) is 9.70. The second-order valence-corrected chi connectivity index (χ2v) is 11.8. The van der Waals surface area contributed by atoms with Gasteiger partial charge in [-0.1, -0.05) is 64.4 Å². The fourth-order valence-corrected chi connectivity index (χ4v) is 2.96. The van der Waals surface area contributed by atoms with Crippen molar-refractivity contribution in [3.63, 3.8) is 0 Å². The van der Waals surface area contributed by atoms with Gasteiger partial charge in [-0.15, -0.1) is 0 Å². The molecule has 0 fully saturated rings. The van der Waals surface area contributed by atoms with Crippen LogP contribution in [0.3, 0.4) is 0 Å². The summed E-state index contributed by atoms with van der Waals surface area (Å²) in [6.45, 7) is 12.9. The highest BCUT2D eigenvalue weighted by atomic mass is 28.4. The molecular weight excluding hydrogens is 279 g/mol. The van der Waals surface area contributed by atoms with E-state index in [-0.39, 0.29) is 10.9 Å². The molecule has 118 valence electrons. The first kappa shape index (κ1) is 18.1. The van der Waals surface area contributed by atoms with Crippen LogP contribution in [-0.4, -0.2) is 8.32 Å². The molecule has 0 saturated carbocycles. The summed E-state index contributed by atoms with van der Waals surface area (Å²) in [7, 11) is -2.03. The maximum atomic E-state index is 14.6. The van der Waals surface area contributed by atoms with Crippen LogP contribution in [0.25, 0.3) is 0 Å². The molecule has 0 aliphatic rings. The fraction of sp³-hybridized carbons (Fsp3) is 0.556. The highest BCUT2D eigenvalue weighted by Crippen LogP contribution is 2.41. The molecule has 0 heterocycles. The fourth-order valence-electron chi connectivity index (χ4n) is 1.77. The minimum atomic E-state index is -2.03. The van der Waals surface area contributed by atoms with Crippen molar-refractivity contribution in [2.75, 3.05) is 0 Å². The first-order valence-electron chi connectivity index (χ1n) is 7.77. The lowest BCUT2D eigenvalue weighted by Gasteiger charge is -2.39. The molecule has 0 saturated heterocycles. The lowest BCUT2D eigenvalue weighted by Crippen LogP contribution is -2.42. The standard InChI is InChI=1S/C18H29FOSi/c1-7-8-14-16(19)17(15-12-10-9-11-13-15)20-21(5,6)18(2,3)4/h9-14,17H,7-8H2,1-6H3/b16-14-. The van der Waals surface area contributed by atoms with Crippen LogP contribution < -0.4 is 0 Å². The van der Waals surface area contributed by atoms with E-state index in [1.54, 1.807) is 6.08 Å². The molecule has 1 aromatic carbocycles. The highest BCUT2D eigenvalue weighted by molar-refractivity contribution is 6.74. The topological polar surface area (TPSA) is 9.23 Å². The van der Waals surface area contributed by atoms with Gasteiger partial charge in [0.25, 0.3) is 0 Å². The van der Waals surface area contributed by atoms with Crippen LogP contribution in [0.2, 0.25) is 18.1 Å². The third-order valence-corrected chi connectivity index (χ3v) is 8.64. The molecule has 1 nitrogen and oxygen atoms in total. The van der Waals surface area contributed by atoms with Crippen molar-refractivity contribution in [3.05, 3.63) is 47.8 Å². The molecule has 1 unspecified atom stereocenters. The average Bonchev–Trinajstić information content (AvgIpc) is 2.42. The summed E-state index contributed by atoms with van der Waals surface area (Å²) in [5, 5.41) is 0.0606. The van der Waals surface area contributed by atoms with Crippen LogP contribution in [0, 0.1) is 0 Å². The first-order chi connectivity index (χ1) is 9.69. The Hall–Kier alpha value is -0.933. The van der Waals surface area contributed by atoms with Gasteiger partial charge in [-0.05, 0) is 36.2 Å². The molecule has 0 aliphatic carbocycles. The van der Waals surface area contributed by atoms with E-state index in [1.165, 1.54) is 0 Å². The van der Waals surface area contributed by atoms with E-state index >= 15 is 0 Å². The summed E-state index contributed by atoms with van der Waals surface area (Å²) in [5.41, 5.74) is 0.896. The third-order valence-electron chi connectivity index (χ3n) is 4.20. The van der Waals surface area contributed by atoms with Crippen LogP contribution >= 0.6 is 0 Å². The van der Waals surface area contributed by atoms with Crippen LogP contribution in [0.1, 0.15) is 52.2 Å². The predicted octanol–water partition coefficient (Wildman–Crippen LogP) is 6.40. The predicted molar refractivity (Wildman–Crippen MR) is 91.6 cm³/mol. The summed E-state index contributed by atoms with van der Waals surface area (Å²) < 4.78 is 21.0. The molecule has 0 aromatic heterocycles. The van der Waals surface area contributed by atoms with Crippen LogP contribution in [0.5, 0.6) is 0 Å². The Labute approximate surface area is 130 Å². The zero-order valence-corrected chi connectivity index (χ0v) is 15.2. The van der Waals surface area contributed by atoms with E-state index in [1.807, 2.05) is 30.3 Å². The van der Waals surface area contributed by atoms with E-state index in [9.17, 15) is 4.39 Å². The molecule has 3 heteroatoms. The van der Waals surface area contributed by atoms with Gasteiger partial charge in [-0.3, -0.25) is 0 Å². The number of benzene rings is 1. The molecule has 1 atom stereocenters. The van der Waals surface area contributed by atoms with Crippen molar-refractivity contribution in [2.45, 2.75) is 64.8 Å². The number of hydrogen-bond acceptors (Lipinski definition) is 1. The zero-order valence-electron chi connectivity index (χ0n) is 14.2. The third kappa shape index (κ3) is 5.08. The molecule has 0 amide bonds. The maximum absolute atomic E-state index is 14.6. The van der Waals surface area contributed by atoms with Crippen molar-refractivity contribution < 1.29 is 8.82 Å². The van der Waals surface area contributed by atoms with Crippen LogP contribution in [0.15, 0.2) is 42.2 Å². The van der Waals surface area contributed by atoms with Crippen LogP contribution in [-0.2, 0) is 4.43 Å². The number of hydrogen-bond donors (Lipinski definition) is 0. The van der Waals surface area contributed by atoms with E-state index < -0.39 is 14.4 Å². The van der Waals surface area contributed by atoms with Crippen molar-refractivity contribution in [1.82, 2.24) is 0 Å². The van der Waals surface area contributed by atoms with Gasteiger partial charge < -0.3 is 4.43 Å². The normalized spacial score (nSPS) is 15.1. The SMILES string of the molecule is CCC/C=C(\F)C(O[Si](C)(C)C(C)(C)C)c1ccccc1. The molecule has 0 radical (unpaired) electrons. The Bertz CT molecular complexity index is 460. The molecule has 21 heavy (non-hydrogen) atoms. The quantitative estimate of drug-likeness (QED) is 0.552. The van der Waals surface area contributed by atoms with Crippen molar-refractivity contribution in [1.29, 1.82) is 0 Å². The van der Waals surface area contributed by atoms with E-state index in [0.717, 1.165) is 18.4 Å². The zero-order chi connectivity index (χ0) is 16.1. The second-order valence-electron chi connectivity index (χ2n) is 7.05. The number of unbranched alkanes of at least 4 members (excludes halogenated alkanes) is 1. The monoisotopic (exact) mass is 308 g/mol. The smallest absolute Gasteiger partial charge is 0.193 e. The first-order valence-corrected chi connectivity index (χ1v) is 10.7. The van der Waals surface area contributed by atoms with Crippen LogP contribution in [0.4, 0.5) is 4.39 Å². The second kappa shape index (κ2) is 7.37. The Morgan fingerprint density at radius 3 is 2.29 bits per heavy atom. The van der Waals surface area contributed by atoms with E-state index in [4.69, 9.17) is 4.43 Å². The Balaban J connectivity index is 3.10. The average molecular weight is 309 g/mol. The highest BCUT2D eigenvalue weighted by Gasteiger charge is 2.40. The molecule has 0 aliphatic heterocycles. The van der Waals surface area contributed by atoms with Gasteiger partial charge in [-0.25, -0.2) is 4.39 Å². The van der Waals surface area contributed by atoms with Gasteiger partial charge in [0.15, 0.2) is 8.32 Å². The molecule has 1 aromatic rings. The Morgan fingerprint density at radius 1 is 1.24 bits per heavy atom. The Kier molecular flexibility index (Phi) is 6.35. The minimum absolute atomic E-state index is 0.0606. The summed E-state index contributed by atoms with van der Waals surface area (Å²) in [4.78, 5) is 0. The summed E-state index contributed by atoms with van der Waals surface area (Å²) >= 11 is 0. The van der Waals surface area contributed by atoms with Gasteiger partial charge in [0.05, 0.1) is 0 Å². The largest absolute Gasteiger partial charge is 0.404 e. The van der Waals surface area contributed by atoms with Gasteiger partial charge in [0.2, 0.25) is 0 Å². The summed E-state index contributed by atoms with van der Waals surface area (Å²) in [5.74, 6) is -0.159. The summed E-state index contributed by atoms with van der Waals surface area (Å²) in [6.07, 6.45) is 2.79. The minimum Gasteiger partial charge on any atom is -0.404 e. The molecular formula is C18H29FOSi. The lowest BCUT2D eigenvalue weighted by atomic mass is 10.1. The van der Waals surface area contributed by atoms with Gasteiger partial charge in [0.1, 0.15) is 11.9 Å². The van der Waals surface area contributed by atoms with Gasteiger partial charge in [0, 0.05) is 0 Å². The van der Waals surface area contributed by atoms with Crippen molar-refractivity contribution in [3.8, 4) is 0 Å². The van der Waals surface area contributed by atoms with Crippen molar-refractivity contribution >= 4 is 8.32 Å². The van der Waals surface area contributed by atoms with Gasteiger partial charge >= 0.3 is 0 Å². The van der Waals surface area contributed by atoms with E-state index in [0.29, 0.717) is 0 Å².